The summed E-state index contributed by atoms with van der Waals surface area (Å²) in [5, 5.41) is 0. The average Bonchev–Trinajstić information content (AvgIpc) is 2.30. The summed E-state index contributed by atoms with van der Waals surface area (Å²) >= 11 is 0. The van der Waals surface area contributed by atoms with Crippen molar-refractivity contribution in [2.75, 3.05) is 13.9 Å². The van der Waals surface area contributed by atoms with Crippen molar-refractivity contribution in [3.63, 3.8) is 0 Å². The van der Waals surface area contributed by atoms with E-state index in [1.807, 2.05) is 18.2 Å². The SMILES string of the molecule is CCCCC(OCOC)c1ccccc1. The van der Waals surface area contributed by atoms with Gasteiger partial charge in [-0.3, -0.25) is 0 Å². The highest BCUT2D eigenvalue weighted by molar-refractivity contribution is 5.17. The maximum absolute atomic E-state index is 5.66. The summed E-state index contributed by atoms with van der Waals surface area (Å²) in [6, 6.07) is 10.3. The summed E-state index contributed by atoms with van der Waals surface area (Å²) in [5.41, 5.74) is 1.24. The second-order valence-corrected chi connectivity index (χ2v) is 3.61. The highest BCUT2D eigenvalue weighted by atomic mass is 16.7. The van der Waals surface area contributed by atoms with E-state index >= 15 is 0 Å². The lowest BCUT2D eigenvalue weighted by molar-refractivity contribution is -0.0763. The monoisotopic (exact) mass is 208 g/mol. The van der Waals surface area contributed by atoms with E-state index in [1.54, 1.807) is 7.11 Å². The van der Waals surface area contributed by atoms with Crippen LogP contribution in [-0.4, -0.2) is 13.9 Å². The first-order valence-corrected chi connectivity index (χ1v) is 5.54. The molecule has 1 aromatic carbocycles. The number of methoxy groups -OCH3 is 1. The zero-order valence-corrected chi connectivity index (χ0v) is 9.61. The summed E-state index contributed by atoms with van der Waals surface area (Å²) in [7, 11) is 1.65. The maximum atomic E-state index is 5.66. The Morgan fingerprint density at radius 1 is 1.20 bits per heavy atom. The molecule has 0 radical (unpaired) electrons. The molecule has 1 atom stereocenters. The van der Waals surface area contributed by atoms with Gasteiger partial charge in [0.25, 0.3) is 0 Å². The molecule has 0 amide bonds. The third-order valence-electron chi connectivity index (χ3n) is 2.38. The first kappa shape index (κ1) is 12.2. The van der Waals surface area contributed by atoms with Crippen LogP contribution < -0.4 is 0 Å². The number of rotatable bonds is 7. The summed E-state index contributed by atoms with van der Waals surface area (Å²) in [6.45, 7) is 2.56. The molecule has 15 heavy (non-hydrogen) atoms. The number of benzene rings is 1. The molecule has 1 aromatic rings. The molecule has 0 bridgehead atoms. The van der Waals surface area contributed by atoms with E-state index in [4.69, 9.17) is 9.47 Å². The lowest BCUT2D eigenvalue weighted by Gasteiger charge is -2.17. The van der Waals surface area contributed by atoms with Gasteiger partial charge in [0, 0.05) is 7.11 Å². The summed E-state index contributed by atoms with van der Waals surface area (Å²) in [5.74, 6) is 0. The molecule has 1 rings (SSSR count). The molecule has 0 N–H and O–H groups in total. The van der Waals surface area contributed by atoms with Crippen LogP contribution in [0.3, 0.4) is 0 Å². The number of hydrogen-bond donors (Lipinski definition) is 0. The molecule has 84 valence electrons. The summed E-state index contributed by atoms with van der Waals surface area (Å²) in [4.78, 5) is 0. The molecule has 2 nitrogen and oxygen atoms in total. The Kier molecular flexibility index (Phi) is 6.05. The second-order valence-electron chi connectivity index (χ2n) is 3.61. The van der Waals surface area contributed by atoms with Crippen molar-refractivity contribution in [2.45, 2.75) is 32.3 Å². The Morgan fingerprint density at radius 3 is 2.53 bits per heavy atom. The molecule has 0 aliphatic rings. The standard InChI is InChI=1S/C13H20O2/c1-3-4-10-13(15-11-14-2)12-8-6-5-7-9-12/h5-9,13H,3-4,10-11H2,1-2H3. The smallest absolute Gasteiger partial charge is 0.147 e. The molecular formula is C13H20O2. The van der Waals surface area contributed by atoms with E-state index in [1.165, 1.54) is 18.4 Å². The zero-order valence-electron chi connectivity index (χ0n) is 9.61. The van der Waals surface area contributed by atoms with Crippen molar-refractivity contribution >= 4 is 0 Å². The van der Waals surface area contributed by atoms with Gasteiger partial charge in [-0.15, -0.1) is 0 Å². The minimum Gasteiger partial charge on any atom is -0.359 e. The normalized spacial score (nSPS) is 12.7. The number of ether oxygens (including phenoxy) is 2. The third-order valence-corrected chi connectivity index (χ3v) is 2.38. The third kappa shape index (κ3) is 4.45. The van der Waals surface area contributed by atoms with Gasteiger partial charge < -0.3 is 9.47 Å². The molecule has 0 spiro atoms. The molecule has 0 saturated heterocycles. The van der Waals surface area contributed by atoms with Crippen LogP contribution in [0.15, 0.2) is 30.3 Å². The van der Waals surface area contributed by atoms with Gasteiger partial charge >= 0.3 is 0 Å². The Morgan fingerprint density at radius 2 is 1.93 bits per heavy atom. The number of hydrogen-bond acceptors (Lipinski definition) is 2. The highest BCUT2D eigenvalue weighted by Gasteiger charge is 2.10. The molecule has 0 heterocycles. The lowest BCUT2D eigenvalue weighted by atomic mass is 10.0. The Bertz CT molecular complexity index is 238. The highest BCUT2D eigenvalue weighted by Crippen LogP contribution is 2.23. The second kappa shape index (κ2) is 7.43. The first-order valence-electron chi connectivity index (χ1n) is 5.54. The molecule has 2 heteroatoms. The van der Waals surface area contributed by atoms with Gasteiger partial charge in [0.05, 0.1) is 6.10 Å². The van der Waals surface area contributed by atoms with Gasteiger partial charge in [-0.2, -0.15) is 0 Å². The fraction of sp³-hybridized carbons (Fsp3) is 0.538. The molecular weight excluding hydrogens is 188 g/mol. The molecule has 0 aromatic heterocycles. The van der Waals surface area contributed by atoms with Gasteiger partial charge in [0.2, 0.25) is 0 Å². The first-order chi connectivity index (χ1) is 7.38. The summed E-state index contributed by atoms with van der Waals surface area (Å²) < 4.78 is 10.6. The minimum absolute atomic E-state index is 0.172. The van der Waals surface area contributed by atoms with E-state index in [0.717, 1.165) is 6.42 Å². The Balaban J connectivity index is 2.55. The van der Waals surface area contributed by atoms with Crippen molar-refractivity contribution in [2.24, 2.45) is 0 Å². The van der Waals surface area contributed by atoms with Crippen molar-refractivity contribution < 1.29 is 9.47 Å². The van der Waals surface area contributed by atoms with Crippen LogP contribution in [-0.2, 0) is 9.47 Å². The van der Waals surface area contributed by atoms with Crippen molar-refractivity contribution in [3.8, 4) is 0 Å². The van der Waals surface area contributed by atoms with Crippen molar-refractivity contribution in [1.82, 2.24) is 0 Å². The Hall–Kier alpha value is -0.860. The summed E-state index contributed by atoms with van der Waals surface area (Å²) in [6.07, 6.45) is 3.61. The average molecular weight is 208 g/mol. The fourth-order valence-corrected chi connectivity index (χ4v) is 1.55. The van der Waals surface area contributed by atoms with Crippen LogP contribution in [0.5, 0.6) is 0 Å². The Labute approximate surface area is 92.2 Å². The van der Waals surface area contributed by atoms with Crippen LogP contribution in [0.1, 0.15) is 37.9 Å². The number of unbranched alkanes of at least 4 members (excludes halogenated alkanes) is 1. The van der Waals surface area contributed by atoms with Crippen LogP contribution in [0, 0.1) is 0 Å². The molecule has 0 fully saturated rings. The van der Waals surface area contributed by atoms with Crippen LogP contribution >= 0.6 is 0 Å². The van der Waals surface area contributed by atoms with Crippen LogP contribution in [0.4, 0.5) is 0 Å². The van der Waals surface area contributed by atoms with Crippen molar-refractivity contribution in [1.29, 1.82) is 0 Å². The predicted molar refractivity (Wildman–Crippen MR) is 61.7 cm³/mol. The fourth-order valence-electron chi connectivity index (χ4n) is 1.55. The maximum Gasteiger partial charge on any atom is 0.147 e. The zero-order chi connectivity index (χ0) is 10.9. The quantitative estimate of drug-likeness (QED) is 0.638. The van der Waals surface area contributed by atoms with Crippen LogP contribution in [0.2, 0.25) is 0 Å². The van der Waals surface area contributed by atoms with Gasteiger partial charge in [-0.05, 0) is 12.0 Å². The van der Waals surface area contributed by atoms with Gasteiger partial charge in [-0.25, -0.2) is 0 Å². The van der Waals surface area contributed by atoms with Crippen molar-refractivity contribution in [3.05, 3.63) is 35.9 Å². The van der Waals surface area contributed by atoms with Gasteiger partial charge in [0.15, 0.2) is 0 Å². The minimum atomic E-state index is 0.172. The molecule has 0 aliphatic heterocycles. The largest absolute Gasteiger partial charge is 0.359 e. The predicted octanol–water partition coefficient (Wildman–Crippen LogP) is 3.54. The molecule has 0 saturated carbocycles. The van der Waals surface area contributed by atoms with E-state index in [9.17, 15) is 0 Å². The van der Waals surface area contributed by atoms with E-state index in [-0.39, 0.29) is 6.10 Å². The van der Waals surface area contributed by atoms with E-state index in [2.05, 4.69) is 19.1 Å². The van der Waals surface area contributed by atoms with Gasteiger partial charge in [0.1, 0.15) is 6.79 Å². The van der Waals surface area contributed by atoms with Gasteiger partial charge in [-0.1, -0.05) is 50.1 Å². The van der Waals surface area contributed by atoms with E-state index in [0.29, 0.717) is 6.79 Å². The molecule has 1 unspecified atom stereocenters. The topological polar surface area (TPSA) is 18.5 Å². The molecule has 0 aliphatic carbocycles. The van der Waals surface area contributed by atoms with Crippen LogP contribution in [0.25, 0.3) is 0 Å². The lowest BCUT2D eigenvalue weighted by Crippen LogP contribution is -2.06. The van der Waals surface area contributed by atoms with E-state index < -0.39 is 0 Å².